The second kappa shape index (κ2) is 8.48. The summed E-state index contributed by atoms with van der Waals surface area (Å²) < 4.78 is 16.8. The van der Waals surface area contributed by atoms with Gasteiger partial charge in [-0.1, -0.05) is 0 Å². The van der Waals surface area contributed by atoms with E-state index in [1.165, 1.54) is 0 Å². The molecular formula is C21H25N5O3. The van der Waals surface area contributed by atoms with Gasteiger partial charge in [-0.25, -0.2) is 9.97 Å². The van der Waals surface area contributed by atoms with E-state index in [9.17, 15) is 0 Å². The standard InChI is InChI=1S/C21H25N5O3/c1-15-18(14-25-8-10-26(11-9-25)20-13-22-6-7-23-20)24-21(29-15)17-12-16(27-2)4-5-19(17)28-3/h4-7,12-13H,8-11,14H2,1-3H3. The van der Waals surface area contributed by atoms with Crippen molar-refractivity contribution in [2.75, 3.05) is 45.3 Å². The van der Waals surface area contributed by atoms with Crippen LogP contribution < -0.4 is 14.4 Å². The van der Waals surface area contributed by atoms with E-state index in [0.717, 1.165) is 61.3 Å². The van der Waals surface area contributed by atoms with Crippen LogP contribution in [-0.4, -0.2) is 60.3 Å². The molecule has 0 N–H and O–H groups in total. The first-order chi connectivity index (χ1) is 14.2. The molecule has 1 aromatic carbocycles. The first-order valence-corrected chi connectivity index (χ1v) is 9.60. The fraction of sp³-hybridized carbons (Fsp3) is 0.381. The molecule has 0 amide bonds. The number of rotatable bonds is 6. The number of oxazole rings is 1. The van der Waals surface area contributed by atoms with E-state index in [1.54, 1.807) is 26.6 Å². The molecule has 0 radical (unpaired) electrons. The summed E-state index contributed by atoms with van der Waals surface area (Å²) in [5.74, 6) is 3.74. The number of methoxy groups -OCH3 is 2. The van der Waals surface area contributed by atoms with Gasteiger partial charge >= 0.3 is 0 Å². The summed E-state index contributed by atoms with van der Waals surface area (Å²) in [6.45, 7) is 6.38. The van der Waals surface area contributed by atoms with Gasteiger partial charge in [0, 0.05) is 45.1 Å². The normalized spacial score (nSPS) is 14.8. The molecule has 0 saturated carbocycles. The van der Waals surface area contributed by atoms with Crippen molar-refractivity contribution in [2.24, 2.45) is 0 Å². The number of aryl methyl sites for hydroxylation is 1. The summed E-state index contributed by atoms with van der Waals surface area (Å²) in [6.07, 6.45) is 5.24. The zero-order chi connectivity index (χ0) is 20.2. The number of anilines is 1. The molecule has 8 heteroatoms. The molecule has 29 heavy (non-hydrogen) atoms. The zero-order valence-corrected chi connectivity index (χ0v) is 17.0. The Balaban J connectivity index is 1.46. The maximum absolute atomic E-state index is 5.97. The van der Waals surface area contributed by atoms with Crippen molar-refractivity contribution in [3.05, 3.63) is 48.2 Å². The number of nitrogens with zero attached hydrogens (tertiary/aromatic N) is 5. The van der Waals surface area contributed by atoms with Gasteiger partial charge in [0.25, 0.3) is 0 Å². The molecule has 0 aliphatic carbocycles. The van der Waals surface area contributed by atoms with E-state index in [1.807, 2.05) is 31.3 Å². The van der Waals surface area contributed by atoms with E-state index < -0.39 is 0 Å². The SMILES string of the molecule is COc1ccc(OC)c(-c2nc(CN3CCN(c4cnccn4)CC3)c(C)o2)c1. The van der Waals surface area contributed by atoms with Crippen LogP contribution in [-0.2, 0) is 6.54 Å². The molecule has 1 fully saturated rings. The summed E-state index contributed by atoms with van der Waals surface area (Å²) in [6, 6.07) is 5.60. The third kappa shape index (κ3) is 4.17. The van der Waals surface area contributed by atoms with Gasteiger partial charge in [0.05, 0.1) is 31.7 Å². The second-order valence-electron chi connectivity index (χ2n) is 6.91. The molecule has 2 aromatic heterocycles. The minimum absolute atomic E-state index is 0.548. The van der Waals surface area contributed by atoms with E-state index in [4.69, 9.17) is 18.9 Å². The third-order valence-corrected chi connectivity index (χ3v) is 5.15. The summed E-state index contributed by atoms with van der Waals surface area (Å²) in [7, 11) is 3.27. The van der Waals surface area contributed by atoms with Crippen LogP contribution >= 0.6 is 0 Å². The van der Waals surface area contributed by atoms with E-state index in [2.05, 4.69) is 19.8 Å². The third-order valence-electron chi connectivity index (χ3n) is 5.15. The summed E-state index contributed by atoms with van der Waals surface area (Å²) in [5, 5.41) is 0. The van der Waals surface area contributed by atoms with Gasteiger partial charge in [-0.2, -0.15) is 0 Å². The molecule has 1 aliphatic heterocycles. The number of ether oxygens (including phenoxy) is 2. The van der Waals surface area contributed by atoms with Crippen LogP contribution in [0.25, 0.3) is 11.5 Å². The Morgan fingerprint density at radius 3 is 2.59 bits per heavy atom. The van der Waals surface area contributed by atoms with Crippen molar-refractivity contribution in [3.63, 3.8) is 0 Å². The molecule has 0 bridgehead atoms. The van der Waals surface area contributed by atoms with Crippen LogP contribution in [0.15, 0.2) is 41.2 Å². The zero-order valence-electron chi connectivity index (χ0n) is 17.0. The van der Waals surface area contributed by atoms with Gasteiger partial charge in [0.1, 0.15) is 23.1 Å². The largest absolute Gasteiger partial charge is 0.497 e. The fourth-order valence-corrected chi connectivity index (χ4v) is 3.47. The Bertz CT molecular complexity index is 952. The molecular weight excluding hydrogens is 370 g/mol. The minimum Gasteiger partial charge on any atom is -0.497 e. The lowest BCUT2D eigenvalue weighted by molar-refractivity contribution is 0.245. The van der Waals surface area contributed by atoms with Crippen molar-refractivity contribution in [2.45, 2.75) is 13.5 Å². The van der Waals surface area contributed by atoms with Gasteiger partial charge in [-0.15, -0.1) is 0 Å². The molecule has 0 atom stereocenters. The van der Waals surface area contributed by atoms with E-state index >= 15 is 0 Å². The Hall–Kier alpha value is -3.13. The maximum Gasteiger partial charge on any atom is 0.230 e. The van der Waals surface area contributed by atoms with Crippen molar-refractivity contribution in [3.8, 4) is 23.0 Å². The smallest absolute Gasteiger partial charge is 0.230 e. The van der Waals surface area contributed by atoms with Crippen LogP contribution in [0, 0.1) is 6.92 Å². The molecule has 152 valence electrons. The van der Waals surface area contributed by atoms with Gasteiger partial charge < -0.3 is 18.8 Å². The lowest BCUT2D eigenvalue weighted by atomic mass is 10.2. The Kier molecular flexibility index (Phi) is 5.62. The van der Waals surface area contributed by atoms with Crippen LogP contribution in [0.4, 0.5) is 5.82 Å². The summed E-state index contributed by atoms with van der Waals surface area (Å²) >= 11 is 0. The lowest BCUT2D eigenvalue weighted by Crippen LogP contribution is -2.46. The van der Waals surface area contributed by atoms with Crippen LogP contribution in [0.5, 0.6) is 11.5 Å². The highest BCUT2D eigenvalue weighted by molar-refractivity contribution is 5.65. The highest BCUT2D eigenvalue weighted by Crippen LogP contribution is 2.34. The predicted molar refractivity (Wildman–Crippen MR) is 109 cm³/mol. The minimum atomic E-state index is 0.548. The monoisotopic (exact) mass is 395 g/mol. The van der Waals surface area contributed by atoms with Crippen molar-refractivity contribution < 1.29 is 13.9 Å². The van der Waals surface area contributed by atoms with Gasteiger partial charge in [0.2, 0.25) is 5.89 Å². The number of aromatic nitrogens is 3. The number of hydrogen-bond acceptors (Lipinski definition) is 8. The number of hydrogen-bond donors (Lipinski definition) is 0. The fourth-order valence-electron chi connectivity index (χ4n) is 3.47. The second-order valence-corrected chi connectivity index (χ2v) is 6.91. The highest BCUT2D eigenvalue weighted by Gasteiger charge is 2.22. The first kappa shape index (κ1) is 19.2. The van der Waals surface area contributed by atoms with Gasteiger partial charge in [-0.05, 0) is 25.1 Å². The molecule has 1 saturated heterocycles. The summed E-state index contributed by atoms with van der Waals surface area (Å²) in [5.41, 5.74) is 1.73. The van der Waals surface area contributed by atoms with E-state index in [0.29, 0.717) is 11.6 Å². The Morgan fingerprint density at radius 2 is 1.90 bits per heavy atom. The quantitative estimate of drug-likeness (QED) is 0.631. The molecule has 3 heterocycles. The van der Waals surface area contributed by atoms with Crippen molar-refractivity contribution >= 4 is 5.82 Å². The first-order valence-electron chi connectivity index (χ1n) is 9.60. The molecule has 1 aliphatic rings. The molecule has 8 nitrogen and oxygen atoms in total. The topological polar surface area (TPSA) is 76.8 Å². The van der Waals surface area contributed by atoms with E-state index in [-0.39, 0.29) is 0 Å². The average Bonchev–Trinajstić information content (AvgIpc) is 3.14. The molecule has 3 aromatic rings. The number of benzene rings is 1. The average molecular weight is 395 g/mol. The molecule has 0 unspecified atom stereocenters. The Labute approximate surface area is 170 Å². The van der Waals surface area contributed by atoms with Crippen molar-refractivity contribution in [1.29, 1.82) is 0 Å². The predicted octanol–water partition coefficient (Wildman–Crippen LogP) is 2.78. The van der Waals surface area contributed by atoms with Gasteiger partial charge in [-0.3, -0.25) is 9.88 Å². The van der Waals surface area contributed by atoms with Crippen LogP contribution in [0.2, 0.25) is 0 Å². The summed E-state index contributed by atoms with van der Waals surface area (Å²) in [4.78, 5) is 17.9. The number of piperazine rings is 1. The molecule has 4 rings (SSSR count). The highest BCUT2D eigenvalue weighted by atomic mass is 16.5. The van der Waals surface area contributed by atoms with Crippen molar-refractivity contribution in [1.82, 2.24) is 19.9 Å². The van der Waals surface area contributed by atoms with Crippen LogP contribution in [0.3, 0.4) is 0 Å². The Morgan fingerprint density at radius 1 is 1.07 bits per heavy atom. The lowest BCUT2D eigenvalue weighted by Gasteiger charge is -2.34. The van der Waals surface area contributed by atoms with Gasteiger partial charge in [0.15, 0.2) is 0 Å². The van der Waals surface area contributed by atoms with Crippen LogP contribution in [0.1, 0.15) is 11.5 Å². The molecule has 0 spiro atoms. The maximum atomic E-state index is 5.97.